The van der Waals surface area contributed by atoms with Crippen molar-refractivity contribution in [3.05, 3.63) is 108 Å². The van der Waals surface area contributed by atoms with Gasteiger partial charge in [-0.05, 0) is 24.1 Å². The van der Waals surface area contributed by atoms with Crippen molar-refractivity contribution in [1.29, 1.82) is 0 Å². The van der Waals surface area contributed by atoms with Gasteiger partial charge in [0.25, 0.3) is 11.8 Å². The number of carbonyl (C=O) groups is 2. The second-order valence-electron chi connectivity index (χ2n) is 10.3. The van der Waals surface area contributed by atoms with Crippen LogP contribution in [0.3, 0.4) is 0 Å². The van der Waals surface area contributed by atoms with Crippen LogP contribution in [0.15, 0.2) is 91.3 Å². The van der Waals surface area contributed by atoms with E-state index >= 15 is 0 Å². The van der Waals surface area contributed by atoms with Crippen molar-refractivity contribution in [2.75, 3.05) is 13.2 Å². The Kier molecular flexibility index (Phi) is 6.30. The molecule has 7 heteroatoms. The van der Waals surface area contributed by atoms with Crippen LogP contribution >= 0.6 is 0 Å². The fourth-order valence-electron chi connectivity index (χ4n) is 5.93. The van der Waals surface area contributed by atoms with E-state index in [1.807, 2.05) is 73.1 Å². The van der Waals surface area contributed by atoms with E-state index in [1.165, 1.54) is 0 Å². The predicted molar refractivity (Wildman–Crippen MR) is 154 cm³/mol. The van der Waals surface area contributed by atoms with E-state index in [0.717, 1.165) is 44.9 Å². The number of benzene rings is 3. The minimum atomic E-state index is -0.362. The average Bonchev–Trinajstić information content (AvgIpc) is 3.62. The summed E-state index contributed by atoms with van der Waals surface area (Å²) in [6.45, 7) is 2.80. The summed E-state index contributed by atoms with van der Waals surface area (Å²) in [5.74, 6) is -0.721. The highest BCUT2D eigenvalue weighted by molar-refractivity contribution is 6.50. The van der Waals surface area contributed by atoms with Crippen molar-refractivity contribution >= 4 is 44.8 Å². The van der Waals surface area contributed by atoms with Crippen molar-refractivity contribution in [2.24, 2.45) is 0 Å². The summed E-state index contributed by atoms with van der Waals surface area (Å²) >= 11 is 0. The molecule has 1 N–H and O–H groups in total. The lowest BCUT2D eigenvalue weighted by molar-refractivity contribution is -0.122. The van der Waals surface area contributed by atoms with Crippen LogP contribution in [0.5, 0.6) is 0 Å². The molecule has 2 aromatic heterocycles. The van der Waals surface area contributed by atoms with E-state index in [4.69, 9.17) is 9.47 Å². The number of fused-ring (bicyclic) bond motifs is 12. The summed E-state index contributed by atoms with van der Waals surface area (Å²) in [4.78, 5) is 26.6. The van der Waals surface area contributed by atoms with Crippen molar-refractivity contribution in [3.63, 3.8) is 0 Å². The van der Waals surface area contributed by atoms with Crippen molar-refractivity contribution in [2.45, 2.75) is 32.2 Å². The highest BCUT2D eigenvalue weighted by Gasteiger charge is 2.35. The number of aromatic nitrogens is 2. The molecule has 40 heavy (non-hydrogen) atoms. The molecule has 3 aromatic carbocycles. The normalized spacial score (nSPS) is 17.8. The Balaban J connectivity index is 1.32. The molecule has 0 spiro atoms. The molecule has 2 aliphatic rings. The van der Waals surface area contributed by atoms with Crippen LogP contribution in [0.2, 0.25) is 0 Å². The first-order valence-corrected chi connectivity index (χ1v) is 13.7. The lowest BCUT2D eigenvalue weighted by Gasteiger charge is -2.19. The van der Waals surface area contributed by atoms with Crippen LogP contribution < -0.4 is 5.32 Å². The fraction of sp³-hybridized carbons (Fsp3) is 0.212. The molecule has 4 heterocycles. The Hall–Kier alpha value is -4.46. The Bertz CT molecular complexity index is 1780. The number of hydrogen-bond acceptors (Lipinski definition) is 4. The third-order valence-corrected chi connectivity index (χ3v) is 7.84. The fourth-order valence-corrected chi connectivity index (χ4v) is 5.93. The van der Waals surface area contributed by atoms with Gasteiger partial charge in [0.1, 0.15) is 0 Å². The average molecular weight is 532 g/mol. The van der Waals surface area contributed by atoms with Gasteiger partial charge in [0.05, 0.1) is 37.1 Å². The van der Waals surface area contributed by atoms with Gasteiger partial charge >= 0.3 is 0 Å². The standard InChI is InChI=1S/C33H29N3O4/c37-32-30-26-18-35(28-12-6-4-10-24(26)28)15-14-23(21-39-20-22-8-2-1-3-9-22)40-17-16-36-19-27(31(30)33(38)34-32)25-11-5-7-13-29(25)36/h1-13,18-19,23H,14-17,20-21H2,(H,34,37,38)/t23-/m0/s1. The quantitative estimate of drug-likeness (QED) is 0.325. The zero-order chi connectivity index (χ0) is 27.1. The summed E-state index contributed by atoms with van der Waals surface area (Å²) in [5, 5.41) is 4.44. The Morgan fingerprint density at radius 1 is 0.750 bits per heavy atom. The van der Waals surface area contributed by atoms with Gasteiger partial charge in [0.2, 0.25) is 0 Å². The number of rotatable bonds is 4. The molecule has 7 rings (SSSR count). The maximum absolute atomic E-state index is 13.3. The van der Waals surface area contributed by atoms with Crippen LogP contribution in [0.4, 0.5) is 0 Å². The minimum Gasteiger partial charge on any atom is -0.374 e. The summed E-state index contributed by atoms with van der Waals surface area (Å²) in [6.07, 6.45) is 4.61. The molecule has 0 saturated carbocycles. The predicted octanol–water partition coefficient (Wildman–Crippen LogP) is 5.17. The number of ether oxygens (including phenoxy) is 2. The van der Waals surface area contributed by atoms with Crippen LogP contribution in [-0.2, 0) is 38.8 Å². The molecule has 0 unspecified atom stereocenters. The van der Waals surface area contributed by atoms with Crippen LogP contribution in [-0.4, -0.2) is 40.3 Å². The summed E-state index contributed by atoms with van der Waals surface area (Å²) in [6, 6.07) is 26.2. The number of nitrogens with one attached hydrogen (secondary N) is 1. The van der Waals surface area contributed by atoms with Crippen molar-refractivity contribution < 1.29 is 19.1 Å². The maximum Gasteiger partial charge on any atom is 0.259 e. The van der Waals surface area contributed by atoms with Gasteiger partial charge in [-0.1, -0.05) is 66.7 Å². The first-order chi connectivity index (χ1) is 19.7. The molecule has 2 aliphatic heterocycles. The Labute approximate surface area is 231 Å². The molecule has 0 fully saturated rings. The lowest BCUT2D eigenvalue weighted by atomic mass is 9.95. The molecule has 4 bridgehead atoms. The summed E-state index contributed by atoms with van der Waals surface area (Å²) in [7, 11) is 0. The molecule has 200 valence electrons. The van der Waals surface area contributed by atoms with E-state index in [0.29, 0.717) is 44.1 Å². The number of aryl methyl sites for hydroxylation is 1. The zero-order valence-corrected chi connectivity index (χ0v) is 22.0. The van der Waals surface area contributed by atoms with E-state index in [2.05, 4.69) is 32.7 Å². The summed E-state index contributed by atoms with van der Waals surface area (Å²) in [5.41, 5.74) is 5.51. The van der Waals surface area contributed by atoms with Crippen LogP contribution in [0.1, 0.15) is 23.1 Å². The molecular formula is C33H29N3O4. The first-order valence-electron chi connectivity index (χ1n) is 13.7. The molecular weight excluding hydrogens is 502 g/mol. The first kappa shape index (κ1) is 24.6. The van der Waals surface area contributed by atoms with Gasteiger partial charge in [0.15, 0.2) is 0 Å². The van der Waals surface area contributed by atoms with E-state index in [1.54, 1.807) is 0 Å². The highest BCUT2D eigenvalue weighted by Crippen LogP contribution is 2.39. The number of imide groups is 1. The lowest BCUT2D eigenvalue weighted by Crippen LogP contribution is -2.24. The van der Waals surface area contributed by atoms with E-state index in [-0.39, 0.29) is 17.9 Å². The van der Waals surface area contributed by atoms with Crippen LogP contribution in [0.25, 0.3) is 33.0 Å². The number of hydrogen-bond donors (Lipinski definition) is 1. The highest BCUT2D eigenvalue weighted by atomic mass is 16.5. The Morgan fingerprint density at radius 2 is 1.32 bits per heavy atom. The van der Waals surface area contributed by atoms with Gasteiger partial charge in [-0.15, -0.1) is 0 Å². The SMILES string of the molecule is O=C1NC(=O)C2=C1c1cn(c3ccccc13)CCO[C@H](COCc1ccccc1)CCn1cc2c2ccccc21. The van der Waals surface area contributed by atoms with Crippen molar-refractivity contribution in [3.8, 4) is 0 Å². The smallest absolute Gasteiger partial charge is 0.259 e. The number of carbonyl (C=O) groups excluding carboxylic acids is 2. The molecule has 7 nitrogen and oxygen atoms in total. The van der Waals surface area contributed by atoms with Gasteiger partial charge in [-0.2, -0.15) is 0 Å². The zero-order valence-electron chi connectivity index (χ0n) is 22.0. The topological polar surface area (TPSA) is 74.5 Å². The number of para-hydroxylation sites is 2. The largest absolute Gasteiger partial charge is 0.374 e. The Morgan fingerprint density at radius 3 is 1.98 bits per heavy atom. The van der Waals surface area contributed by atoms with Gasteiger partial charge in [0, 0.05) is 58.4 Å². The second-order valence-corrected chi connectivity index (χ2v) is 10.3. The monoisotopic (exact) mass is 531 g/mol. The molecule has 0 aliphatic carbocycles. The van der Waals surface area contributed by atoms with Gasteiger partial charge in [-0.25, -0.2) is 0 Å². The number of amides is 2. The molecule has 0 saturated heterocycles. The minimum absolute atomic E-state index is 0.108. The summed E-state index contributed by atoms with van der Waals surface area (Å²) < 4.78 is 16.8. The van der Waals surface area contributed by atoms with E-state index < -0.39 is 0 Å². The van der Waals surface area contributed by atoms with Gasteiger partial charge < -0.3 is 18.6 Å². The maximum atomic E-state index is 13.3. The van der Waals surface area contributed by atoms with Crippen molar-refractivity contribution in [1.82, 2.24) is 14.5 Å². The molecule has 0 radical (unpaired) electrons. The third-order valence-electron chi connectivity index (χ3n) is 7.84. The van der Waals surface area contributed by atoms with Gasteiger partial charge in [-0.3, -0.25) is 14.9 Å². The molecule has 5 aromatic rings. The third kappa shape index (κ3) is 4.33. The molecule has 1 atom stereocenters. The molecule has 2 amide bonds. The van der Waals surface area contributed by atoms with Crippen LogP contribution in [0, 0.1) is 0 Å². The second kappa shape index (κ2) is 10.3. The van der Waals surface area contributed by atoms with E-state index in [9.17, 15) is 9.59 Å². The number of nitrogens with zero attached hydrogens (tertiary/aromatic N) is 2.